The van der Waals surface area contributed by atoms with Crippen molar-refractivity contribution in [3.8, 4) is 22.6 Å². The van der Waals surface area contributed by atoms with Gasteiger partial charge in [0.2, 0.25) is 0 Å². The molecule has 3 aromatic carbocycles. The summed E-state index contributed by atoms with van der Waals surface area (Å²) in [6.07, 6.45) is -0.182. The summed E-state index contributed by atoms with van der Waals surface area (Å²) < 4.78 is 16.3. The predicted octanol–water partition coefficient (Wildman–Crippen LogP) is 4.92. The smallest absolute Gasteiger partial charge is 0.407 e. The van der Waals surface area contributed by atoms with Crippen LogP contribution in [0.5, 0.6) is 11.5 Å². The first-order chi connectivity index (χ1) is 17.8. The van der Waals surface area contributed by atoms with Crippen LogP contribution in [0, 0.1) is 17.0 Å². The standard InChI is InChI=1S/C27H26N2O8/c1-16-24(29(33)34)21(26(30)31)14-23(35-2)25(16)36-13-7-12-28-27(32)37-15-22-19-10-5-3-8-17(19)18-9-4-6-11-20(18)22/h3-6,8-11,14,22H,7,12-13,15H2,1-2H3,(H,28,32)(H,30,31). The number of nitrogens with zero attached hydrogens (tertiary/aromatic N) is 1. The van der Waals surface area contributed by atoms with Crippen molar-refractivity contribution < 1.29 is 33.8 Å². The second-order valence-corrected chi connectivity index (χ2v) is 8.45. The highest BCUT2D eigenvalue weighted by Crippen LogP contribution is 2.44. The molecule has 3 aromatic rings. The van der Waals surface area contributed by atoms with Crippen LogP contribution in [0.25, 0.3) is 11.1 Å². The van der Waals surface area contributed by atoms with Crippen LogP contribution in [-0.2, 0) is 4.74 Å². The summed E-state index contributed by atoms with van der Waals surface area (Å²) in [5.41, 5.74) is 3.54. The number of carbonyl (C=O) groups is 2. The van der Waals surface area contributed by atoms with E-state index in [1.165, 1.54) is 14.0 Å². The number of fused-ring (bicyclic) bond motifs is 3. The van der Waals surface area contributed by atoms with Crippen LogP contribution in [0.3, 0.4) is 0 Å². The van der Waals surface area contributed by atoms with Crippen molar-refractivity contribution in [1.82, 2.24) is 5.32 Å². The lowest BCUT2D eigenvalue weighted by atomic mass is 9.98. The molecule has 0 saturated heterocycles. The Bertz CT molecular complexity index is 1310. The molecule has 1 amide bonds. The molecular formula is C27H26N2O8. The van der Waals surface area contributed by atoms with E-state index in [4.69, 9.17) is 14.2 Å². The fraction of sp³-hybridized carbons (Fsp3) is 0.259. The third kappa shape index (κ3) is 5.18. The van der Waals surface area contributed by atoms with Gasteiger partial charge in [-0.2, -0.15) is 0 Å². The van der Waals surface area contributed by atoms with Gasteiger partial charge in [-0.25, -0.2) is 9.59 Å². The maximum atomic E-state index is 12.3. The van der Waals surface area contributed by atoms with E-state index in [-0.39, 0.29) is 42.7 Å². The molecule has 192 valence electrons. The van der Waals surface area contributed by atoms with Crippen molar-refractivity contribution >= 4 is 17.7 Å². The van der Waals surface area contributed by atoms with E-state index in [0.29, 0.717) is 6.42 Å². The molecule has 10 nitrogen and oxygen atoms in total. The van der Waals surface area contributed by atoms with Crippen LogP contribution >= 0.6 is 0 Å². The minimum Gasteiger partial charge on any atom is -0.493 e. The normalized spacial score (nSPS) is 11.8. The molecule has 1 aliphatic rings. The molecule has 4 rings (SSSR count). The van der Waals surface area contributed by atoms with E-state index in [1.54, 1.807) is 0 Å². The van der Waals surface area contributed by atoms with Gasteiger partial charge in [-0.15, -0.1) is 0 Å². The summed E-state index contributed by atoms with van der Waals surface area (Å²) in [7, 11) is 1.32. The number of alkyl carbamates (subject to hydrolysis) is 1. The fourth-order valence-electron chi connectivity index (χ4n) is 4.57. The second kappa shape index (κ2) is 11.0. The number of nitrogens with one attached hydrogen (secondary N) is 1. The molecule has 0 aliphatic heterocycles. The number of hydrogen-bond acceptors (Lipinski definition) is 7. The zero-order valence-electron chi connectivity index (χ0n) is 20.4. The van der Waals surface area contributed by atoms with Crippen LogP contribution in [0.2, 0.25) is 0 Å². The molecule has 37 heavy (non-hydrogen) atoms. The van der Waals surface area contributed by atoms with E-state index in [1.807, 2.05) is 36.4 Å². The highest BCUT2D eigenvalue weighted by molar-refractivity contribution is 5.94. The van der Waals surface area contributed by atoms with Gasteiger partial charge in [-0.3, -0.25) is 10.1 Å². The van der Waals surface area contributed by atoms with Crippen molar-refractivity contribution in [2.24, 2.45) is 0 Å². The Morgan fingerprint density at radius 3 is 2.27 bits per heavy atom. The SMILES string of the molecule is COc1cc(C(=O)O)c([N+](=O)[O-])c(C)c1OCCCNC(=O)OCC1c2ccccc2-c2ccccc21. The molecule has 0 bridgehead atoms. The van der Waals surface area contributed by atoms with E-state index in [9.17, 15) is 24.8 Å². The van der Waals surface area contributed by atoms with Crippen LogP contribution in [-0.4, -0.2) is 49.0 Å². The first-order valence-electron chi connectivity index (χ1n) is 11.6. The van der Waals surface area contributed by atoms with Gasteiger partial charge in [0.15, 0.2) is 11.5 Å². The van der Waals surface area contributed by atoms with E-state index >= 15 is 0 Å². The summed E-state index contributed by atoms with van der Waals surface area (Å²) in [5, 5.41) is 23.4. The number of carboxylic acids is 1. The first kappa shape index (κ1) is 25.5. The number of benzene rings is 3. The number of carboxylic acid groups (broad SMARTS) is 1. The molecule has 0 atom stereocenters. The van der Waals surface area contributed by atoms with Crippen molar-refractivity contribution in [1.29, 1.82) is 0 Å². The van der Waals surface area contributed by atoms with Gasteiger partial charge in [0.25, 0.3) is 5.69 Å². The van der Waals surface area contributed by atoms with E-state index < -0.39 is 28.2 Å². The minimum absolute atomic E-state index is 0.0403. The lowest BCUT2D eigenvalue weighted by Crippen LogP contribution is -2.27. The minimum atomic E-state index is -1.44. The summed E-state index contributed by atoms with van der Waals surface area (Å²) in [6.45, 7) is 1.95. The maximum absolute atomic E-state index is 12.3. The molecule has 0 unspecified atom stereocenters. The molecule has 0 radical (unpaired) electrons. The van der Waals surface area contributed by atoms with Crippen molar-refractivity contribution in [3.63, 3.8) is 0 Å². The predicted molar refractivity (Wildman–Crippen MR) is 135 cm³/mol. The lowest BCUT2D eigenvalue weighted by molar-refractivity contribution is -0.385. The summed E-state index contributed by atoms with van der Waals surface area (Å²) in [6, 6.07) is 17.2. The Morgan fingerprint density at radius 2 is 1.70 bits per heavy atom. The Kier molecular flexibility index (Phi) is 7.57. The zero-order chi connectivity index (χ0) is 26.5. The lowest BCUT2D eigenvalue weighted by Gasteiger charge is -2.16. The van der Waals surface area contributed by atoms with Crippen molar-refractivity contribution in [2.45, 2.75) is 19.3 Å². The van der Waals surface area contributed by atoms with Crippen molar-refractivity contribution in [2.75, 3.05) is 26.9 Å². The Hall–Kier alpha value is -4.60. The summed E-state index contributed by atoms with van der Waals surface area (Å²) in [4.78, 5) is 34.4. The number of nitro groups is 1. The summed E-state index contributed by atoms with van der Waals surface area (Å²) in [5.74, 6) is -1.32. The zero-order valence-corrected chi connectivity index (χ0v) is 20.4. The Balaban J connectivity index is 1.30. The molecule has 0 saturated carbocycles. The molecule has 0 aromatic heterocycles. The number of rotatable bonds is 10. The molecule has 10 heteroatoms. The molecule has 2 N–H and O–H groups in total. The fourth-order valence-corrected chi connectivity index (χ4v) is 4.57. The topological polar surface area (TPSA) is 137 Å². The number of nitro benzene ring substituents is 1. The third-order valence-electron chi connectivity index (χ3n) is 6.26. The van der Waals surface area contributed by atoms with Gasteiger partial charge < -0.3 is 24.6 Å². The van der Waals surface area contributed by atoms with Crippen molar-refractivity contribution in [3.05, 3.63) is 87.0 Å². The van der Waals surface area contributed by atoms with E-state index in [2.05, 4.69) is 17.4 Å². The second-order valence-electron chi connectivity index (χ2n) is 8.45. The maximum Gasteiger partial charge on any atom is 0.407 e. The number of aromatic carboxylic acids is 1. The highest BCUT2D eigenvalue weighted by Gasteiger charge is 2.30. The van der Waals surface area contributed by atoms with Gasteiger partial charge in [0.05, 0.1) is 24.2 Å². The van der Waals surface area contributed by atoms with Crippen LogP contribution in [0.1, 0.15) is 39.4 Å². The highest BCUT2D eigenvalue weighted by atomic mass is 16.6. The number of ether oxygens (including phenoxy) is 3. The quantitative estimate of drug-likeness (QED) is 0.225. The van der Waals surface area contributed by atoms with Gasteiger partial charge in [-0.05, 0) is 35.6 Å². The number of hydrogen-bond donors (Lipinski definition) is 2. The largest absolute Gasteiger partial charge is 0.493 e. The van der Waals surface area contributed by atoms with Crippen LogP contribution in [0.15, 0.2) is 54.6 Å². The van der Waals surface area contributed by atoms with Crippen LogP contribution in [0.4, 0.5) is 10.5 Å². The Morgan fingerprint density at radius 1 is 1.08 bits per heavy atom. The third-order valence-corrected chi connectivity index (χ3v) is 6.26. The van der Waals surface area contributed by atoms with E-state index in [0.717, 1.165) is 28.3 Å². The van der Waals surface area contributed by atoms with Gasteiger partial charge in [-0.1, -0.05) is 48.5 Å². The molecule has 1 aliphatic carbocycles. The average Bonchev–Trinajstić information content (AvgIpc) is 3.21. The number of methoxy groups -OCH3 is 1. The number of carbonyl (C=O) groups excluding carboxylic acids is 1. The monoisotopic (exact) mass is 506 g/mol. The van der Waals surface area contributed by atoms with Gasteiger partial charge >= 0.3 is 12.1 Å². The van der Waals surface area contributed by atoms with Crippen LogP contribution < -0.4 is 14.8 Å². The summed E-state index contributed by atoms with van der Waals surface area (Å²) >= 11 is 0. The molecule has 0 spiro atoms. The molecular weight excluding hydrogens is 480 g/mol. The number of amides is 1. The molecule has 0 fully saturated rings. The Labute approximate surface area is 212 Å². The first-order valence-corrected chi connectivity index (χ1v) is 11.6. The molecule has 0 heterocycles. The van der Waals surface area contributed by atoms with Gasteiger partial charge in [0, 0.05) is 18.5 Å². The average molecular weight is 507 g/mol. The van der Waals surface area contributed by atoms with Gasteiger partial charge in [0.1, 0.15) is 12.2 Å².